The monoisotopic (exact) mass is 314 g/mol. The van der Waals surface area contributed by atoms with Crippen LogP contribution in [0.5, 0.6) is 5.75 Å². The molecule has 1 heterocycles. The smallest absolute Gasteiger partial charge is 0.262 e. The number of likely N-dealkylation sites (N-methyl/N-ethyl adjacent to an activating group) is 1. The van der Waals surface area contributed by atoms with Crippen molar-refractivity contribution in [3.8, 4) is 5.75 Å². The standard InChI is InChI=1S/C18H19FN2O2/c1-21-9-8-13-2-5-16(10-14(13)11-21)20-18(22)12-23-17-6-3-15(19)4-7-17/h2-7,10H,8-9,11-12H2,1H3,(H,20,22). The van der Waals surface area contributed by atoms with E-state index in [1.165, 1.54) is 35.4 Å². The molecule has 2 aromatic carbocycles. The van der Waals surface area contributed by atoms with E-state index in [1.807, 2.05) is 12.1 Å². The average Bonchev–Trinajstić information content (AvgIpc) is 2.54. The van der Waals surface area contributed by atoms with Gasteiger partial charge < -0.3 is 15.0 Å². The number of nitrogens with one attached hydrogen (secondary N) is 1. The Morgan fingerprint density at radius 1 is 1.22 bits per heavy atom. The van der Waals surface area contributed by atoms with Gasteiger partial charge in [-0.3, -0.25) is 4.79 Å². The maximum atomic E-state index is 12.8. The first-order valence-corrected chi connectivity index (χ1v) is 7.59. The van der Waals surface area contributed by atoms with Gasteiger partial charge in [0.2, 0.25) is 0 Å². The van der Waals surface area contributed by atoms with E-state index in [2.05, 4.69) is 23.3 Å². The van der Waals surface area contributed by atoms with Gasteiger partial charge in [0.15, 0.2) is 6.61 Å². The van der Waals surface area contributed by atoms with Gasteiger partial charge in [-0.25, -0.2) is 4.39 Å². The van der Waals surface area contributed by atoms with Crippen LogP contribution < -0.4 is 10.1 Å². The molecule has 2 aromatic rings. The largest absolute Gasteiger partial charge is 0.484 e. The third-order valence-electron chi connectivity index (χ3n) is 3.88. The molecule has 0 saturated carbocycles. The first kappa shape index (κ1) is 15.5. The number of hydrogen-bond donors (Lipinski definition) is 1. The summed E-state index contributed by atoms with van der Waals surface area (Å²) < 4.78 is 18.1. The second kappa shape index (κ2) is 6.79. The molecule has 0 atom stereocenters. The van der Waals surface area contributed by atoms with Crippen molar-refractivity contribution in [2.24, 2.45) is 0 Å². The van der Waals surface area contributed by atoms with Crippen LogP contribution in [-0.2, 0) is 17.8 Å². The summed E-state index contributed by atoms with van der Waals surface area (Å²) in [5, 5.41) is 2.83. The van der Waals surface area contributed by atoms with Crippen LogP contribution in [-0.4, -0.2) is 31.0 Å². The van der Waals surface area contributed by atoms with Crippen molar-refractivity contribution >= 4 is 11.6 Å². The quantitative estimate of drug-likeness (QED) is 0.943. The van der Waals surface area contributed by atoms with Crippen molar-refractivity contribution in [3.63, 3.8) is 0 Å². The zero-order valence-electron chi connectivity index (χ0n) is 13.0. The van der Waals surface area contributed by atoms with Crippen molar-refractivity contribution in [3.05, 3.63) is 59.4 Å². The Kier molecular flexibility index (Phi) is 4.57. The number of nitrogens with zero attached hydrogens (tertiary/aromatic N) is 1. The number of hydrogen-bond acceptors (Lipinski definition) is 3. The van der Waals surface area contributed by atoms with E-state index in [-0.39, 0.29) is 18.3 Å². The minimum absolute atomic E-state index is 0.109. The van der Waals surface area contributed by atoms with E-state index in [4.69, 9.17) is 4.74 Å². The normalized spacial score (nSPS) is 14.2. The van der Waals surface area contributed by atoms with E-state index < -0.39 is 0 Å². The van der Waals surface area contributed by atoms with Crippen LogP contribution in [0.2, 0.25) is 0 Å². The molecule has 1 aliphatic heterocycles. The highest BCUT2D eigenvalue weighted by Gasteiger charge is 2.14. The Morgan fingerprint density at radius 3 is 2.78 bits per heavy atom. The van der Waals surface area contributed by atoms with Gasteiger partial charge in [-0.2, -0.15) is 0 Å². The van der Waals surface area contributed by atoms with Crippen LogP contribution in [0, 0.1) is 5.82 Å². The summed E-state index contributed by atoms with van der Waals surface area (Å²) in [5.41, 5.74) is 3.35. The predicted octanol–water partition coefficient (Wildman–Crippen LogP) is 2.83. The van der Waals surface area contributed by atoms with Crippen molar-refractivity contribution in [2.75, 3.05) is 25.5 Å². The Labute approximate surface area is 134 Å². The average molecular weight is 314 g/mol. The summed E-state index contributed by atoms with van der Waals surface area (Å²) in [6, 6.07) is 11.6. The number of benzene rings is 2. The summed E-state index contributed by atoms with van der Waals surface area (Å²) in [5.74, 6) is -0.104. The highest BCUT2D eigenvalue weighted by Crippen LogP contribution is 2.22. The Morgan fingerprint density at radius 2 is 2.00 bits per heavy atom. The minimum atomic E-state index is -0.333. The van der Waals surface area contributed by atoms with Gasteiger partial charge in [-0.05, 0) is 61.0 Å². The predicted molar refractivity (Wildman–Crippen MR) is 87.0 cm³/mol. The summed E-state index contributed by atoms with van der Waals surface area (Å²) in [6.45, 7) is 1.85. The Bertz CT molecular complexity index is 701. The Balaban J connectivity index is 1.57. The van der Waals surface area contributed by atoms with E-state index in [0.717, 1.165) is 25.2 Å². The first-order valence-electron chi connectivity index (χ1n) is 7.59. The van der Waals surface area contributed by atoms with Gasteiger partial charge >= 0.3 is 0 Å². The summed E-state index contributed by atoms with van der Waals surface area (Å²) in [7, 11) is 2.09. The van der Waals surface area contributed by atoms with Gasteiger partial charge in [-0.1, -0.05) is 6.07 Å². The fourth-order valence-corrected chi connectivity index (χ4v) is 2.65. The molecule has 3 rings (SSSR count). The molecule has 0 aromatic heterocycles. The van der Waals surface area contributed by atoms with Crippen LogP contribution in [0.15, 0.2) is 42.5 Å². The molecule has 0 bridgehead atoms. The zero-order valence-corrected chi connectivity index (χ0v) is 13.0. The molecule has 1 amide bonds. The van der Waals surface area contributed by atoms with Crippen molar-refractivity contribution in [1.29, 1.82) is 0 Å². The van der Waals surface area contributed by atoms with Crippen LogP contribution in [0.3, 0.4) is 0 Å². The number of ether oxygens (including phenoxy) is 1. The van der Waals surface area contributed by atoms with Gasteiger partial charge in [0, 0.05) is 18.8 Å². The van der Waals surface area contributed by atoms with Crippen LogP contribution >= 0.6 is 0 Å². The highest BCUT2D eigenvalue weighted by molar-refractivity contribution is 5.92. The number of fused-ring (bicyclic) bond motifs is 1. The van der Waals surface area contributed by atoms with E-state index in [1.54, 1.807) is 0 Å². The molecular weight excluding hydrogens is 295 g/mol. The Hall–Kier alpha value is -2.40. The van der Waals surface area contributed by atoms with Crippen molar-refractivity contribution < 1.29 is 13.9 Å². The minimum Gasteiger partial charge on any atom is -0.484 e. The molecule has 0 fully saturated rings. The van der Waals surface area contributed by atoms with Crippen LogP contribution in [0.25, 0.3) is 0 Å². The third-order valence-corrected chi connectivity index (χ3v) is 3.88. The highest BCUT2D eigenvalue weighted by atomic mass is 19.1. The lowest BCUT2D eigenvalue weighted by Gasteiger charge is -2.25. The lowest BCUT2D eigenvalue weighted by molar-refractivity contribution is -0.118. The topological polar surface area (TPSA) is 41.6 Å². The van der Waals surface area contributed by atoms with Gasteiger partial charge in [0.05, 0.1) is 0 Å². The molecular formula is C18H19FN2O2. The molecule has 5 heteroatoms. The fourth-order valence-electron chi connectivity index (χ4n) is 2.65. The fraction of sp³-hybridized carbons (Fsp3) is 0.278. The third kappa shape index (κ3) is 4.07. The van der Waals surface area contributed by atoms with Gasteiger partial charge in [0.25, 0.3) is 5.91 Å². The van der Waals surface area contributed by atoms with Crippen LogP contribution in [0.4, 0.5) is 10.1 Å². The lowest BCUT2D eigenvalue weighted by atomic mass is 9.99. The van der Waals surface area contributed by atoms with Gasteiger partial charge in [0.1, 0.15) is 11.6 Å². The molecule has 0 spiro atoms. The van der Waals surface area contributed by atoms with E-state index >= 15 is 0 Å². The maximum Gasteiger partial charge on any atom is 0.262 e. The van der Waals surface area contributed by atoms with Crippen LogP contribution in [0.1, 0.15) is 11.1 Å². The first-order chi connectivity index (χ1) is 11.1. The molecule has 4 nitrogen and oxygen atoms in total. The van der Waals surface area contributed by atoms with E-state index in [9.17, 15) is 9.18 Å². The summed E-state index contributed by atoms with van der Waals surface area (Å²) in [6.07, 6.45) is 1.04. The summed E-state index contributed by atoms with van der Waals surface area (Å²) >= 11 is 0. The van der Waals surface area contributed by atoms with Crippen molar-refractivity contribution in [1.82, 2.24) is 4.90 Å². The molecule has 1 N–H and O–H groups in total. The second-order valence-corrected chi connectivity index (χ2v) is 5.76. The number of carbonyl (C=O) groups is 1. The van der Waals surface area contributed by atoms with Crippen molar-refractivity contribution in [2.45, 2.75) is 13.0 Å². The number of anilines is 1. The number of halogens is 1. The molecule has 1 aliphatic rings. The number of rotatable bonds is 4. The van der Waals surface area contributed by atoms with Gasteiger partial charge in [-0.15, -0.1) is 0 Å². The second-order valence-electron chi connectivity index (χ2n) is 5.76. The molecule has 0 aliphatic carbocycles. The zero-order chi connectivity index (χ0) is 16.2. The van der Waals surface area contributed by atoms with E-state index in [0.29, 0.717) is 5.75 Å². The molecule has 120 valence electrons. The number of amides is 1. The maximum absolute atomic E-state index is 12.8. The molecule has 23 heavy (non-hydrogen) atoms. The number of carbonyl (C=O) groups excluding carboxylic acids is 1. The molecule has 0 saturated heterocycles. The summed E-state index contributed by atoms with van der Waals surface area (Å²) in [4.78, 5) is 14.2. The lowest BCUT2D eigenvalue weighted by Crippen LogP contribution is -2.27. The molecule has 0 radical (unpaired) electrons. The molecule has 0 unspecified atom stereocenters. The SMILES string of the molecule is CN1CCc2ccc(NC(=O)COc3ccc(F)cc3)cc2C1.